The maximum Gasteiger partial charge on any atom is 0.267 e. The molecule has 0 fully saturated rings. The van der Waals surface area contributed by atoms with Crippen molar-refractivity contribution in [3.63, 3.8) is 0 Å². The number of carbonyl (C=O) groups excluding carboxylic acids is 1. The Kier molecular flexibility index (Phi) is 2.18. The summed E-state index contributed by atoms with van der Waals surface area (Å²) in [6, 6.07) is 1.86. The van der Waals surface area contributed by atoms with Gasteiger partial charge in [0.1, 0.15) is 5.69 Å². The Labute approximate surface area is 91.6 Å². The molecular formula is C10H13BrN2O. The number of fused-ring (bicyclic) bond motifs is 1. The normalized spacial score (nSPS) is 19.8. The van der Waals surface area contributed by atoms with Gasteiger partial charge in [0.05, 0.1) is 0 Å². The van der Waals surface area contributed by atoms with Crippen LogP contribution in [0.4, 0.5) is 0 Å². The third-order valence-electron chi connectivity index (χ3n) is 2.42. The van der Waals surface area contributed by atoms with Gasteiger partial charge in [0.2, 0.25) is 0 Å². The lowest BCUT2D eigenvalue weighted by atomic mass is 9.94. The molecule has 1 aliphatic rings. The van der Waals surface area contributed by atoms with E-state index in [1.165, 1.54) is 0 Å². The third kappa shape index (κ3) is 1.71. The number of hydrogen-bond acceptors (Lipinski definition) is 1. The molecule has 1 N–H and O–H groups in total. The molecule has 4 heteroatoms. The first-order chi connectivity index (χ1) is 6.48. The molecule has 0 saturated heterocycles. The van der Waals surface area contributed by atoms with Crippen molar-refractivity contribution in [2.45, 2.75) is 20.4 Å². The molecule has 76 valence electrons. The van der Waals surface area contributed by atoms with Crippen LogP contribution in [-0.2, 0) is 6.54 Å². The number of nitrogens with one attached hydrogen (secondary N) is 1. The van der Waals surface area contributed by atoms with Gasteiger partial charge in [-0.1, -0.05) is 13.8 Å². The summed E-state index contributed by atoms with van der Waals surface area (Å²) < 4.78 is 2.97. The first-order valence-corrected chi connectivity index (χ1v) is 5.41. The molecule has 0 spiro atoms. The third-order valence-corrected chi connectivity index (χ3v) is 2.86. The number of rotatable bonds is 0. The van der Waals surface area contributed by atoms with Crippen LogP contribution in [0.5, 0.6) is 0 Å². The van der Waals surface area contributed by atoms with Crippen LogP contribution in [0.25, 0.3) is 0 Å². The number of carbonyl (C=O) groups is 1. The second-order valence-corrected chi connectivity index (χ2v) is 5.43. The predicted octanol–water partition coefficient (Wildman–Crippen LogP) is 2.02. The molecule has 2 rings (SSSR count). The van der Waals surface area contributed by atoms with Crippen LogP contribution in [0.3, 0.4) is 0 Å². The van der Waals surface area contributed by atoms with Gasteiger partial charge in [-0.25, -0.2) is 0 Å². The molecule has 0 radical (unpaired) electrons. The van der Waals surface area contributed by atoms with E-state index in [1.54, 1.807) is 0 Å². The number of aromatic nitrogens is 1. The summed E-state index contributed by atoms with van der Waals surface area (Å²) in [5, 5.41) is 2.92. The highest BCUT2D eigenvalue weighted by Gasteiger charge is 2.26. The van der Waals surface area contributed by atoms with Crippen molar-refractivity contribution in [1.29, 1.82) is 0 Å². The van der Waals surface area contributed by atoms with Crippen molar-refractivity contribution in [2.75, 3.05) is 6.54 Å². The summed E-state index contributed by atoms with van der Waals surface area (Å²) in [6.45, 7) is 5.89. The highest BCUT2D eigenvalue weighted by atomic mass is 79.9. The Hall–Kier alpha value is -0.770. The van der Waals surface area contributed by atoms with Gasteiger partial charge in [0.25, 0.3) is 5.91 Å². The fourth-order valence-electron chi connectivity index (χ4n) is 1.72. The molecule has 14 heavy (non-hydrogen) atoms. The minimum Gasteiger partial charge on any atom is -0.350 e. The average Bonchev–Trinajstić information content (AvgIpc) is 2.37. The zero-order valence-electron chi connectivity index (χ0n) is 8.30. The zero-order valence-corrected chi connectivity index (χ0v) is 9.89. The summed E-state index contributed by atoms with van der Waals surface area (Å²) in [7, 11) is 0. The lowest BCUT2D eigenvalue weighted by Gasteiger charge is -2.22. The SMILES string of the molecule is CC1(C)CNC(=O)c2cc(Br)cn2C1. The van der Waals surface area contributed by atoms with Gasteiger partial charge in [0.15, 0.2) is 0 Å². The largest absolute Gasteiger partial charge is 0.350 e. The summed E-state index contributed by atoms with van der Waals surface area (Å²) in [5.74, 6) is 0.0151. The van der Waals surface area contributed by atoms with Gasteiger partial charge >= 0.3 is 0 Å². The van der Waals surface area contributed by atoms with Crippen molar-refractivity contribution in [3.05, 3.63) is 22.4 Å². The summed E-state index contributed by atoms with van der Waals surface area (Å²) in [4.78, 5) is 11.7. The molecule has 0 atom stereocenters. The second kappa shape index (κ2) is 3.12. The van der Waals surface area contributed by atoms with Crippen molar-refractivity contribution in [3.8, 4) is 0 Å². The Bertz CT molecular complexity index is 381. The van der Waals surface area contributed by atoms with E-state index in [9.17, 15) is 4.79 Å². The number of amides is 1. The Morgan fingerprint density at radius 2 is 2.29 bits per heavy atom. The van der Waals surface area contributed by atoms with Gasteiger partial charge in [-0.05, 0) is 22.0 Å². The van der Waals surface area contributed by atoms with Gasteiger partial charge in [0, 0.05) is 29.2 Å². The standard InChI is InChI=1S/C10H13BrN2O/c1-10(2)5-12-9(14)8-3-7(11)4-13(8)6-10/h3-4H,5-6H2,1-2H3,(H,12,14). The smallest absolute Gasteiger partial charge is 0.267 e. The molecular weight excluding hydrogens is 244 g/mol. The quantitative estimate of drug-likeness (QED) is 0.758. The van der Waals surface area contributed by atoms with Crippen LogP contribution < -0.4 is 5.32 Å². The molecule has 0 bridgehead atoms. The minimum atomic E-state index is 0.0151. The van der Waals surface area contributed by atoms with Gasteiger partial charge < -0.3 is 9.88 Å². The van der Waals surface area contributed by atoms with Gasteiger partial charge in [-0.3, -0.25) is 4.79 Å². The number of hydrogen-bond donors (Lipinski definition) is 1. The Morgan fingerprint density at radius 1 is 1.57 bits per heavy atom. The van der Waals surface area contributed by atoms with Gasteiger partial charge in [-0.15, -0.1) is 0 Å². The fourth-order valence-corrected chi connectivity index (χ4v) is 2.19. The van der Waals surface area contributed by atoms with Crippen molar-refractivity contribution in [1.82, 2.24) is 9.88 Å². The zero-order chi connectivity index (χ0) is 10.3. The van der Waals surface area contributed by atoms with Crippen LogP contribution in [-0.4, -0.2) is 17.0 Å². The van der Waals surface area contributed by atoms with E-state index in [2.05, 4.69) is 35.1 Å². The van der Waals surface area contributed by atoms with E-state index in [0.29, 0.717) is 0 Å². The number of halogens is 1. The van der Waals surface area contributed by atoms with Crippen LogP contribution >= 0.6 is 15.9 Å². The monoisotopic (exact) mass is 256 g/mol. The lowest BCUT2D eigenvalue weighted by Crippen LogP contribution is -2.31. The highest BCUT2D eigenvalue weighted by molar-refractivity contribution is 9.10. The molecule has 0 unspecified atom stereocenters. The van der Waals surface area contributed by atoms with E-state index in [4.69, 9.17) is 0 Å². The maximum atomic E-state index is 11.7. The molecule has 2 heterocycles. The molecule has 0 saturated carbocycles. The summed E-state index contributed by atoms with van der Waals surface area (Å²) in [5.41, 5.74) is 0.849. The highest BCUT2D eigenvalue weighted by Crippen LogP contribution is 2.24. The molecule has 3 nitrogen and oxygen atoms in total. The van der Waals surface area contributed by atoms with Crippen LogP contribution in [0.15, 0.2) is 16.7 Å². The Balaban J connectivity index is 2.45. The molecule has 1 aromatic rings. The molecule has 1 aliphatic heterocycles. The molecule has 0 aromatic carbocycles. The van der Waals surface area contributed by atoms with E-state index in [0.717, 1.165) is 23.3 Å². The van der Waals surface area contributed by atoms with E-state index in [1.807, 2.05) is 16.8 Å². The van der Waals surface area contributed by atoms with Crippen molar-refractivity contribution < 1.29 is 4.79 Å². The van der Waals surface area contributed by atoms with E-state index in [-0.39, 0.29) is 11.3 Å². The molecule has 1 amide bonds. The second-order valence-electron chi connectivity index (χ2n) is 4.52. The maximum absolute atomic E-state index is 11.7. The average molecular weight is 257 g/mol. The topological polar surface area (TPSA) is 34.0 Å². The first-order valence-electron chi connectivity index (χ1n) is 4.62. The van der Waals surface area contributed by atoms with Crippen molar-refractivity contribution in [2.24, 2.45) is 5.41 Å². The van der Waals surface area contributed by atoms with E-state index >= 15 is 0 Å². The van der Waals surface area contributed by atoms with Crippen LogP contribution in [0.2, 0.25) is 0 Å². The number of nitrogens with zero attached hydrogens (tertiary/aromatic N) is 1. The van der Waals surface area contributed by atoms with E-state index < -0.39 is 0 Å². The van der Waals surface area contributed by atoms with Gasteiger partial charge in [-0.2, -0.15) is 0 Å². The van der Waals surface area contributed by atoms with Crippen LogP contribution in [0.1, 0.15) is 24.3 Å². The Morgan fingerprint density at radius 3 is 3.00 bits per heavy atom. The fraction of sp³-hybridized carbons (Fsp3) is 0.500. The van der Waals surface area contributed by atoms with Crippen molar-refractivity contribution >= 4 is 21.8 Å². The predicted molar refractivity (Wildman–Crippen MR) is 58.2 cm³/mol. The molecule has 0 aliphatic carbocycles. The van der Waals surface area contributed by atoms with Crippen LogP contribution in [0, 0.1) is 5.41 Å². The summed E-state index contributed by atoms with van der Waals surface area (Å²) >= 11 is 3.38. The first kappa shape index (κ1) is 9.77. The molecule has 1 aromatic heterocycles. The lowest BCUT2D eigenvalue weighted by molar-refractivity contribution is 0.0943. The summed E-state index contributed by atoms with van der Waals surface area (Å²) in [6.07, 6.45) is 1.96. The minimum absolute atomic E-state index is 0.0151.